The van der Waals surface area contributed by atoms with Gasteiger partial charge in [0, 0.05) is 6.42 Å². The van der Waals surface area contributed by atoms with Crippen molar-refractivity contribution in [1.82, 2.24) is 10.2 Å². The van der Waals surface area contributed by atoms with Gasteiger partial charge in [0.05, 0.1) is 7.11 Å². The van der Waals surface area contributed by atoms with Gasteiger partial charge in [-0.15, -0.1) is 21.5 Å². The van der Waals surface area contributed by atoms with E-state index in [2.05, 4.69) is 10.2 Å². The first-order valence-corrected chi connectivity index (χ1v) is 6.19. The van der Waals surface area contributed by atoms with Gasteiger partial charge in [-0.25, -0.2) is 0 Å². The first-order valence-electron chi connectivity index (χ1n) is 4.49. The Morgan fingerprint density at radius 1 is 1.47 bits per heavy atom. The van der Waals surface area contributed by atoms with E-state index in [-0.39, 0.29) is 0 Å². The fraction of sp³-hybridized carbons (Fsp3) is 0.333. The Morgan fingerprint density at radius 3 is 3.07 bits per heavy atom. The summed E-state index contributed by atoms with van der Waals surface area (Å²) in [5.41, 5.74) is 5.46. The smallest absolute Gasteiger partial charge is 0.161 e. The van der Waals surface area contributed by atoms with Gasteiger partial charge in [-0.1, -0.05) is 11.3 Å². The van der Waals surface area contributed by atoms with Crippen LogP contribution in [0.3, 0.4) is 0 Å². The van der Waals surface area contributed by atoms with Crippen molar-refractivity contribution in [2.75, 3.05) is 13.7 Å². The van der Waals surface area contributed by atoms with Crippen LogP contribution < -0.4 is 10.5 Å². The van der Waals surface area contributed by atoms with Crippen LogP contribution in [0.25, 0.3) is 9.88 Å². The van der Waals surface area contributed by atoms with Crippen LogP contribution in [0.4, 0.5) is 0 Å². The summed E-state index contributed by atoms with van der Waals surface area (Å²) in [6.07, 6.45) is 0.783. The molecule has 0 unspecified atom stereocenters. The molecule has 80 valence electrons. The molecule has 0 amide bonds. The standard InChI is InChI=1S/C9H11N3OS2/c1-13-6-3-5-14-8(6)9-12-11-7(15-9)2-4-10/h3,5H,2,4,10H2,1H3. The summed E-state index contributed by atoms with van der Waals surface area (Å²) >= 11 is 3.18. The van der Waals surface area contributed by atoms with Gasteiger partial charge in [-0.2, -0.15) is 0 Å². The van der Waals surface area contributed by atoms with E-state index in [0.29, 0.717) is 6.54 Å². The maximum Gasteiger partial charge on any atom is 0.161 e. The van der Waals surface area contributed by atoms with E-state index in [1.807, 2.05) is 11.4 Å². The average molecular weight is 241 g/mol. The number of nitrogens with zero attached hydrogens (tertiary/aromatic N) is 2. The minimum Gasteiger partial charge on any atom is -0.495 e. The molecule has 2 rings (SSSR count). The number of hydrogen-bond donors (Lipinski definition) is 1. The summed E-state index contributed by atoms with van der Waals surface area (Å²) in [5, 5.41) is 12.1. The lowest BCUT2D eigenvalue weighted by Gasteiger charge is -1.96. The molecule has 0 saturated heterocycles. The zero-order chi connectivity index (χ0) is 10.7. The van der Waals surface area contributed by atoms with E-state index in [1.54, 1.807) is 29.8 Å². The molecule has 15 heavy (non-hydrogen) atoms. The molecule has 0 aromatic carbocycles. The van der Waals surface area contributed by atoms with Gasteiger partial charge in [-0.3, -0.25) is 0 Å². The summed E-state index contributed by atoms with van der Waals surface area (Å²) in [5.74, 6) is 0.857. The second-order valence-electron chi connectivity index (χ2n) is 2.86. The van der Waals surface area contributed by atoms with Crippen LogP contribution in [0.5, 0.6) is 5.75 Å². The second-order valence-corrected chi connectivity index (χ2v) is 4.84. The topological polar surface area (TPSA) is 61.0 Å². The van der Waals surface area contributed by atoms with Gasteiger partial charge in [0.25, 0.3) is 0 Å². The summed E-state index contributed by atoms with van der Waals surface area (Å²) in [6.45, 7) is 0.607. The summed E-state index contributed by atoms with van der Waals surface area (Å²) < 4.78 is 5.23. The highest BCUT2D eigenvalue weighted by Crippen LogP contribution is 2.36. The average Bonchev–Trinajstić information content (AvgIpc) is 2.84. The zero-order valence-electron chi connectivity index (χ0n) is 8.27. The Morgan fingerprint density at radius 2 is 2.33 bits per heavy atom. The van der Waals surface area contributed by atoms with Gasteiger partial charge in [0.1, 0.15) is 15.6 Å². The van der Waals surface area contributed by atoms with Crippen LogP contribution in [-0.4, -0.2) is 23.9 Å². The summed E-state index contributed by atoms with van der Waals surface area (Å²) in [6, 6.07) is 1.93. The van der Waals surface area contributed by atoms with Crippen molar-refractivity contribution >= 4 is 22.7 Å². The molecule has 0 atom stereocenters. The van der Waals surface area contributed by atoms with Crippen molar-refractivity contribution in [1.29, 1.82) is 0 Å². The Hall–Kier alpha value is -0.980. The molecule has 2 N–H and O–H groups in total. The molecule has 0 aliphatic heterocycles. The second kappa shape index (κ2) is 4.69. The van der Waals surface area contributed by atoms with Crippen LogP contribution in [0.2, 0.25) is 0 Å². The fourth-order valence-corrected chi connectivity index (χ4v) is 2.99. The molecule has 0 aliphatic carbocycles. The van der Waals surface area contributed by atoms with E-state index in [1.165, 1.54) is 0 Å². The van der Waals surface area contributed by atoms with Crippen molar-refractivity contribution in [3.05, 3.63) is 16.5 Å². The largest absolute Gasteiger partial charge is 0.495 e. The zero-order valence-corrected chi connectivity index (χ0v) is 9.90. The molecule has 0 saturated carbocycles. The van der Waals surface area contributed by atoms with Crippen molar-refractivity contribution in [3.8, 4) is 15.6 Å². The number of aromatic nitrogens is 2. The lowest BCUT2D eigenvalue weighted by atomic mass is 10.4. The third kappa shape index (κ3) is 2.17. The molecule has 2 aromatic rings. The maximum absolute atomic E-state index is 5.46. The normalized spacial score (nSPS) is 10.5. The van der Waals surface area contributed by atoms with Crippen LogP contribution >= 0.6 is 22.7 Å². The van der Waals surface area contributed by atoms with Crippen LogP contribution in [-0.2, 0) is 6.42 Å². The molecular weight excluding hydrogens is 230 g/mol. The lowest BCUT2D eigenvalue weighted by Crippen LogP contribution is -2.01. The van der Waals surface area contributed by atoms with E-state index in [9.17, 15) is 0 Å². The molecule has 0 bridgehead atoms. The van der Waals surface area contributed by atoms with E-state index in [0.717, 1.165) is 27.1 Å². The van der Waals surface area contributed by atoms with Crippen LogP contribution in [0.15, 0.2) is 11.4 Å². The fourth-order valence-electron chi connectivity index (χ4n) is 1.18. The van der Waals surface area contributed by atoms with Gasteiger partial charge in [-0.05, 0) is 18.0 Å². The van der Waals surface area contributed by atoms with E-state index < -0.39 is 0 Å². The van der Waals surface area contributed by atoms with Crippen molar-refractivity contribution in [2.45, 2.75) is 6.42 Å². The number of hydrogen-bond acceptors (Lipinski definition) is 6. The van der Waals surface area contributed by atoms with Gasteiger partial charge in [0.15, 0.2) is 5.01 Å². The maximum atomic E-state index is 5.46. The molecule has 4 nitrogen and oxygen atoms in total. The van der Waals surface area contributed by atoms with E-state index >= 15 is 0 Å². The minimum atomic E-state index is 0.607. The highest BCUT2D eigenvalue weighted by atomic mass is 32.1. The number of rotatable bonds is 4. The minimum absolute atomic E-state index is 0.607. The predicted octanol–water partition coefficient (Wildman–Crippen LogP) is 1.78. The van der Waals surface area contributed by atoms with Crippen LogP contribution in [0.1, 0.15) is 5.01 Å². The molecule has 2 heterocycles. The van der Waals surface area contributed by atoms with Crippen LogP contribution in [0, 0.1) is 0 Å². The van der Waals surface area contributed by atoms with Gasteiger partial charge in [0.2, 0.25) is 0 Å². The molecule has 0 radical (unpaired) electrons. The Balaban J connectivity index is 2.28. The first-order chi connectivity index (χ1) is 7.35. The number of nitrogens with two attached hydrogens (primary N) is 1. The Labute approximate surface area is 95.7 Å². The number of thiophene rings is 1. The van der Waals surface area contributed by atoms with E-state index in [4.69, 9.17) is 10.5 Å². The molecule has 0 aliphatic rings. The SMILES string of the molecule is COc1ccsc1-c1nnc(CCN)s1. The molecule has 0 spiro atoms. The van der Waals surface area contributed by atoms with Crippen molar-refractivity contribution in [2.24, 2.45) is 5.73 Å². The molecule has 0 fully saturated rings. The first kappa shape index (κ1) is 10.5. The summed E-state index contributed by atoms with van der Waals surface area (Å²) in [7, 11) is 1.66. The Bertz CT molecular complexity index is 438. The van der Waals surface area contributed by atoms with Crippen molar-refractivity contribution in [3.63, 3.8) is 0 Å². The highest BCUT2D eigenvalue weighted by Gasteiger charge is 2.12. The van der Waals surface area contributed by atoms with Gasteiger partial charge < -0.3 is 10.5 Å². The highest BCUT2D eigenvalue weighted by molar-refractivity contribution is 7.21. The number of ether oxygens (including phenoxy) is 1. The molecule has 6 heteroatoms. The number of methoxy groups -OCH3 is 1. The third-order valence-electron chi connectivity index (χ3n) is 1.87. The Kier molecular flexibility index (Phi) is 3.30. The van der Waals surface area contributed by atoms with Gasteiger partial charge >= 0.3 is 0 Å². The monoisotopic (exact) mass is 241 g/mol. The summed E-state index contributed by atoms with van der Waals surface area (Å²) in [4.78, 5) is 1.04. The predicted molar refractivity (Wildman–Crippen MR) is 62.5 cm³/mol. The quantitative estimate of drug-likeness (QED) is 0.886. The lowest BCUT2D eigenvalue weighted by molar-refractivity contribution is 0.418. The third-order valence-corrected chi connectivity index (χ3v) is 3.90. The molecular formula is C9H11N3OS2. The molecule has 2 aromatic heterocycles. The van der Waals surface area contributed by atoms with Crippen molar-refractivity contribution < 1.29 is 4.74 Å².